The standard InChI is InChI=1S/C12H11F3N2O2/c1-7-10(12(13,14)15)16-17(11(7)18)8-3-5-9(19-2)6-4-8/h3-6,16H,1-2H3. The van der Waals surface area contributed by atoms with Crippen LogP contribution >= 0.6 is 0 Å². The number of halogens is 3. The molecule has 0 spiro atoms. The zero-order valence-corrected chi connectivity index (χ0v) is 10.2. The van der Waals surface area contributed by atoms with E-state index in [9.17, 15) is 18.0 Å². The lowest BCUT2D eigenvalue weighted by Crippen LogP contribution is -2.15. The summed E-state index contributed by atoms with van der Waals surface area (Å²) in [5.41, 5.74) is -1.81. The molecule has 2 rings (SSSR count). The fourth-order valence-corrected chi connectivity index (χ4v) is 1.71. The summed E-state index contributed by atoms with van der Waals surface area (Å²) in [4.78, 5) is 11.8. The SMILES string of the molecule is COc1ccc(-n2[nH]c(C(F)(F)F)c(C)c2=O)cc1. The van der Waals surface area contributed by atoms with Crippen molar-refractivity contribution in [3.05, 3.63) is 45.9 Å². The number of H-pyrrole nitrogens is 1. The first-order chi connectivity index (χ1) is 8.84. The molecular formula is C12H11F3N2O2. The maximum atomic E-state index is 12.7. The Kier molecular flexibility index (Phi) is 3.13. The Morgan fingerprint density at radius 2 is 1.79 bits per heavy atom. The van der Waals surface area contributed by atoms with Crippen LogP contribution in [0.15, 0.2) is 29.1 Å². The monoisotopic (exact) mass is 272 g/mol. The van der Waals surface area contributed by atoms with E-state index in [-0.39, 0.29) is 5.56 Å². The molecule has 0 aliphatic carbocycles. The number of ether oxygens (including phenoxy) is 1. The normalized spacial score (nSPS) is 11.6. The Hall–Kier alpha value is -2.18. The van der Waals surface area contributed by atoms with Gasteiger partial charge in [-0.2, -0.15) is 13.2 Å². The molecular weight excluding hydrogens is 261 g/mol. The highest BCUT2D eigenvalue weighted by molar-refractivity contribution is 5.38. The Morgan fingerprint density at radius 3 is 2.21 bits per heavy atom. The predicted molar refractivity (Wildman–Crippen MR) is 62.7 cm³/mol. The number of nitrogens with one attached hydrogen (secondary N) is 1. The molecule has 1 aromatic heterocycles. The number of aromatic nitrogens is 2. The van der Waals surface area contributed by atoms with Gasteiger partial charge in [0.1, 0.15) is 11.4 Å². The van der Waals surface area contributed by atoms with Crippen molar-refractivity contribution in [2.45, 2.75) is 13.1 Å². The number of aromatic amines is 1. The van der Waals surface area contributed by atoms with E-state index in [0.717, 1.165) is 11.6 Å². The van der Waals surface area contributed by atoms with Gasteiger partial charge in [-0.05, 0) is 31.2 Å². The van der Waals surface area contributed by atoms with Gasteiger partial charge in [-0.25, -0.2) is 4.68 Å². The number of rotatable bonds is 2. The fraction of sp³-hybridized carbons (Fsp3) is 0.250. The van der Waals surface area contributed by atoms with E-state index in [1.54, 1.807) is 12.1 Å². The molecule has 0 aliphatic heterocycles. The third-order valence-corrected chi connectivity index (χ3v) is 2.74. The van der Waals surface area contributed by atoms with Gasteiger partial charge in [-0.15, -0.1) is 0 Å². The van der Waals surface area contributed by atoms with Gasteiger partial charge in [0.15, 0.2) is 0 Å². The summed E-state index contributed by atoms with van der Waals surface area (Å²) in [7, 11) is 1.47. The number of hydrogen-bond acceptors (Lipinski definition) is 2. The lowest BCUT2D eigenvalue weighted by molar-refractivity contribution is -0.141. The summed E-state index contributed by atoms with van der Waals surface area (Å²) >= 11 is 0. The van der Waals surface area contributed by atoms with Crippen molar-refractivity contribution in [2.24, 2.45) is 0 Å². The highest BCUT2D eigenvalue weighted by Crippen LogP contribution is 2.29. The molecule has 0 unspecified atom stereocenters. The van der Waals surface area contributed by atoms with E-state index in [0.29, 0.717) is 11.4 Å². The average molecular weight is 272 g/mol. The van der Waals surface area contributed by atoms with E-state index >= 15 is 0 Å². The molecule has 4 nitrogen and oxygen atoms in total. The quantitative estimate of drug-likeness (QED) is 0.913. The highest BCUT2D eigenvalue weighted by Gasteiger charge is 2.36. The van der Waals surface area contributed by atoms with E-state index < -0.39 is 17.4 Å². The minimum Gasteiger partial charge on any atom is -0.497 e. The van der Waals surface area contributed by atoms with Crippen molar-refractivity contribution in [2.75, 3.05) is 7.11 Å². The largest absolute Gasteiger partial charge is 0.497 e. The summed E-state index contributed by atoms with van der Waals surface area (Å²) < 4.78 is 43.8. The summed E-state index contributed by atoms with van der Waals surface area (Å²) in [5, 5.41) is 2.08. The second kappa shape index (κ2) is 4.49. The first-order valence-corrected chi connectivity index (χ1v) is 5.38. The first kappa shape index (κ1) is 13.3. The molecule has 0 amide bonds. The van der Waals surface area contributed by atoms with Gasteiger partial charge < -0.3 is 4.74 Å². The molecule has 0 bridgehead atoms. The van der Waals surface area contributed by atoms with E-state index in [4.69, 9.17) is 4.74 Å². The van der Waals surface area contributed by atoms with Crippen LogP contribution in [-0.2, 0) is 6.18 Å². The van der Waals surface area contributed by atoms with E-state index in [2.05, 4.69) is 5.10 Å². The van der Waals surface area contributed by atoms with E-state index in [1.807, 2.05) is 0 Å². The van der Waals surface area contributed by atoms with Crippen LogP contribution in [0.1, 0.15) is 11.3 Å². The predicted octanol–water partition coefficient (Wildman–Crippen LogP) is 2.50. The van der Waals surface area contributed by atoms with Crippen molar-refractivity contribution in [1.82, 2.24) is 9.78 Å². The minimum absolute atomic E-state index is 0.310. The number of methoxy groups -OCH3 is 1. The summed E-state index contributed by atoms with van der Waals surface area (Å²) in [6, 6.07) is 6.11. The van der Waals surface area contributed by atoms with Crippen LogP contribution in [0, 0.1) is 6.92 Å². The van der Waals surface area contributed by atoms with Gasteiger partial charge in [0.05, 0.1) is 12.8 Å². The zero-order valence-electron chi connectivity index (χ0n) is 10.2. The van der Waals surface area contributed by atoms with Crippen LogP contribution in [-0.4, -0.2) is 16.9 Å². The van der Waals surface area contributed by atoms with Crippen molar-refractivity contribution in [3.8, 4) is 11.4 Å². The average Bonchev–Trinajstić information content (AvgIpc) is 2.66. The van der Waals surface area contributed by atoms with Gasteiger partial charge >= 0.3 is 6.18 Å². The molecule has 1 heterocycles. The molecule has 0 saturated heterocycles. The first-order valence-electron chi connectivity index (χ1n) is 5.38. The molecule has 0 aliphatic rings. The zero-order chi connectivity index (χ0) is 14.2. The van der Waals surface area contributed by atoms with E-state index in [1.165, 1.54) is 19.2 Å². The molecule has 19 heavy (non-hydrogen) atoms. The molecule has 0 radical (unpaired) electrons. The number of benzene rings is 1. The molecule has 0 fully saturated rings. The van der Waals surface area contributed by atoms with Crippen molar-refractivity contribution >= 4 is 0 Å². The second-order valence-corrected chi connectivity index (χ2v) is 3.95. The van der Waals surface area contributed by atoms with Crippen LogP contribution in [0.5, 0.6) is 5.75 Å². The summed E-state index contributed by atoms with van der Waals surface area (Å²) in [6.07, 6.45) is -4.58. The van der Waals surface area contributed by atoms with Gasteiger partial charge in [0.2, 0.25) is 0 Å². The molecule has 0 saturated carbocycles. The van der Waals surface area contributed by atoms with Crippen molar-refractivity contribution in [3.63, 3.8) is 0 Å². The van der Waals surface area contributed by atoms with Crippen LogP contribution < -0.4 is 10.3 Å². The Bertz CT molecular complexity index is 638. The van der Waals surface area contributed by atoms with Crippen molar-refractivity contribution < 1.29 is 17.9 Å². The number of hydrogen-bond donors (Lipinski definition) is 1. The lowest BCUT2D eigenvalue weighted by atomic mass is 10.2. The maximum Gasteiger partial charge on any atom is 0.433 e. The van der Waals surface area contributed by atoms with Gasteiger partial charge in [-0.3, -0.25) is 9.89 Å². The smallest absolute Gasteiger partial charge is 0.433 e. The van der Waals surface area contributed by atoms with Crippen molar-refractivity contribution in [1.29, 1.82) is 0 Å². The molecule has 102 valence electrons. The molecule has 0 atom stereocenters. The third kappa shape index (κ3) is 2.35. The lowest BCUT2D eigenvalue weighted by Gasteiger charge is -2.05. The third-order valence-electron chi connectivity index (χ3n) is 2.74. The maximum absolute atomic E-state index is 12.7. The van der Waals surface area contributed by atoms with Crippen LogP contribution in [0.3, 0.4) is 0 Å². The molecule has 7 heteroatoms. The van der Waals surface area contributed by atoms with Gasteiger partial charge in [0.25, 0.3) is 5.56 Å². The molecule has 1 aromatic carbocycles. The van der Waals surface area contributed by atoms with Gasteiger partial charge in [-0.1, -0.05) is 0 Å². The Balaban J connectivity index is 2.54. The number of alkyl halides is 3. The highest BCUT2D eigenvalue weighted by atomic mass is 19.4. The summed E-state index contributed by atoms with van der Waals surface area (Å²) in [5.74, 6) is 0.552. The summed E-state index contributed by atoms with van der Waals surface area (Å²) in [6.45, 7) is 1.14. The molecule has 1 N–H and O–H groups in total. The minimum atomic E-state index is -4.58. The van der Waals surface area contributed by atoms with Crippen LogP contribution in [0.25, 0.3) is 5.69 Å². The number of nitrogens with zero attached hydrogens (tertiary/aromatic N) is 1. The molecule has 2 aromatic rings. The van der Waals surface area contributed by atoms with Crippen LogP contribution in [0.2, 0.25) is 0 Å². The van der Waals surface area contributed by atoms with Gasteiger partial charge in [0, 0.05) is 5.56 Å². The fourth-order valence-electron chi connectivity index (χ4n) is 1.71. The Labute approximate surface area is 106 Å². The Morgan fingerprint density at radius 1 is 1.21 bits per heavy atom. The second-order valence-electron chi connectivity index (χ2n) is 3.95. The van der Waals surface area contributed by atoms with Crippen LogP contribution in [0.4, 0.5) is 13.2 Å². The topological polar surface area (TPSA) is 47.0 Å².